The molecule has 194 valence electrons. The highest BCUT2D eigenvalue weighted by Gasteiger charge is 2.46. The normalized spacial score (nSPS) is 18.2. The van der Waals surface area contributed by atoms with Crippen molar-refractivity contribution >= 4 is 23.4 Å². The van der Waals surface area contributed by atoms with Gasteiger partial charge in [0.2, 0.25) is 6.79 Å². The van der Waals surface area contributed by atoms with Gasteiger partial charge < -0.3 is 24.6 Å². The van der Waals surface area contributed by atoms with Crippen LogP contribution < -0.4 is 9.47 Å². The second-order valence-corrected chi connectivity index (χ2v) is 10.4. The molecule has 2 N–H and O–H groups in total. The summed E-state index contributed by atoms with van der Waals surface area (Å²) in [6.45, 7) is 6.39. The van der Waals surface area contributed by atoms with Crippen molar-refractivity contribution in [1.29, 1.82) is 0 Å². The number of ketones is 1. The molecule has 8 nitrogen and oxygen atoms in total. The van der Waals surface area contributed by atoms with Crippen molar-refractivity contribution in [2.45, 2.75) is 38.8 Å². The van der Waals surface area contributed by atoms with Gasteiger partial charge in [0, 0.05) is 12.1 Å². The Kier molecular flexibility index (Phi) is 6.18. The number of fused-ring (bicyclic) bond motifs is 1. The number of hydrogen-bond donors (Lipinski definition) is 2. The first-order valence-corrected chi connectivity index (χ1v) is 12.2. The van der Waals surface area contributed by atoms with Crippen molar-refractivity contribution < 1.29 is 34.1 Å². The monoisotopic (exact) mass is 513 g/mol. The van der Waals surface area contributed by atoms with Gasteiger partial charge in [0.1, 0.15) is 5.76 Å². The van der Waals surface area contributed by atoms with E-state index in [4.69, 9.17) is 9.47 Å². The number of likely N-dealkylation sites (tertiary alicyclic amines) is 1. The van der Waals surface area contributed by atoms with E-state index in [1.165, 1.54) is 17.0 Å². The Bertz CT molecular complexity index is 1460. The zero-order valence-corrected chi connectivity index (χ0v) is 21.2. The van der Waals surface area contributed by atoms with Crippen LogP contribution in [0.2, 0.25) is 0 Å². The molecular formula is C30H27NO7. The van der Waals surface area contributed by atoms with Crippen LogP contribution in [0.1, 0.15) is 59.4 Å². The fourth-order valence-corrected chi connectivity index (χ4v) is 4.70. The zero-order valence-electron chi connectivity index (χ0n) is 21.2. The molecule has 1 unspecified atom stereocenters. The molecule has 3 aromatic carbocycles. The summed E-state index contributed by atoms with van der Waals surface area (Å²) < 4.78 is 10.8. The van der Waals surface area contributed by atoms with E-state index in [1.807, 2.05) is 24.3 Å². The molecule has 0 aliphatic carbocycles. The maximum absolute atomic E-state index is 13.4. The number of amides is 1. The van der Waals surface area contributed by atoms with Crippen molar-refractivity contribution in [3.8, 4) is 11.5 Å². The number of ether oxygens (including phenoxy) is 2. The van der Waals surface area contributed by atoms with E-state index in [0.29, 0.717) is 28.2 Å². The predicted octanol–water partition coefficient (Wildman–Crippen LogP) is 5.03. The van der Waals surface area contributed by atoms with Gasteiger partial charge in [0.25, 0.3) is 11.7 Å². The van der Waals surface area contributed by atoms with Gasteiger partial charge in [0.15, 0.2) is 11.5 Å². The second-order valence-electron chi connectivity index (χ2n) is 10.4. The molecule has 0 spiro atoms. The number of nitrogens with zero attached hydrogens (tertiary/aromatic N) is 1. The molecule has 2 heterocycles. The van der Waals surface area contributed by atoms with E-state index in [0.717, 1.165) is 5.56 Å². The van der Waals surface area contributed by atoms with Crippen LogP contribution in [-0.2, 0) is 21.5 Å². The summed E-state index contributed by atoms with van der Waals surface area (Å²) >= 11 is 0. The number of aliphatic hydroxyl groups is 1. The highest BCUT2D eigenvalue weighted by molar-refractivity contribution is 6.46. The Morgan fingerprint density at radius 2 is 1.53 bits per heavy atom. The molecule has 8 heteroatoms. The van der Waals surface area contributed by atoms with E-state index < -0.39 is 23.7 Å². The number of aliphatic hydroxyl groups excluding tert-OH is 1. The maximum Gasteiger partial charge on any atom is 0.335 e. The fourth-order valence-electron chi connectivity index (χ4n) is 4.70. The Morgan fingerprint density at radius 3 is 2.16 bits per heavy atom. The third-order valence-corrected chi connectivity index (χ3v) is 6.83. The Morgan fingerprint density at radius 1 is 0.895 bits per heavy atom. The number of carbonyl (C=O) groups excluding carboxylic acids is 2. The molecule has 5 rings (SSSR count). The average Bonchev–Trinajstić information content (AvgIpc) is 3.46. The van der Waals surface area contributed by atoms with Gasteiger partial charge in [-0.15, -0.1) is 0 Å². The van der Waals surface area contributed by atoms with Crippen molar-refractivity contribution in [1.82, 2.24) is 4.90 Å². The lowest BCUT2D eigenvalue weighted by Crippen LogP contribution is -2.29. The number of hydrogen-bond acceptors (Lipinski definition) is 6. The summed E-state index contributed by atoms with van der Waals surface area (Å²) in [4.78, 5) is 39.3. The van der Waals surface area contributed by atoms with Gasteiger partial charge in [-0.1, -0.05) is 57.2 Å². The third kappa shape index (κ3) is 4.49. The van der Waals surface area contributed by atoms with Gasteiger partial charge in [-0.2, -0.15) is 0 Å². The standard InChI is InChI=1S/C30H27NO7/c1-30(2,3)21-11-8-18(9-12-21)25-24(26(32)20-10-13-22-23(14-20)38-16-37-22)27(33)28(34)31(25)15-17-4-6-19(7-5-17)29(35)36/h4-14,25,32H,15-16H2,1-3H3,(H,35,36)/b26-24-. The molecular weight excluding hydrogens is 486 g/mol. The number of rotatable bonds is 5. The summed E-state index contributed by atoms with van der Waals surface area (Å²) in [6, 6.07) is 17.8. The zero-order chi connectivity index (χ0) is 27.2. The smallest absolute Gasteiger partial charge is 0.335 e. The van der Waals surface area contributed by atoms with Crippen molar-refractivity contribution in [3.05, 3.63) is 100 Å². The van der Waals surface area contributed by atoms with Gasteiger partial charge in [-0.05, 0) is 52.4 Å². The van der Waals surface area contributed by atoms with Crippen LogP contribution in [0.3, 0.4) is 0 Å². The topological polar surface area (TPSA) is 113 Å². The molecule has 1 atom stereocenters. The first-order chi connectivity index (χ1) is 18.0. The molecule has 1 amide bonds. The molecule has 1 fully saturated rings. The third-order valence-electron chi connectivity index (χ3n) is 6.83. The van der Waals surface area contributed by atoms with Crippen LogP contribution in [0.4, 0.5) is 0 Å². The molecule has 0 radical (unpaired) electrons. The highest BCUT2D eigenvalue weighted by Crippen LogP contribution is 2.42. The quantitative estimate of drug-likeness (QED) is 0.279. The SMILES string of the molecule is CC(C)(C)c1ccc(C2/C(=C(/O)c3ccc4c(c3)OCO4)C(=O)C(=O)N2Cc2ccc(C(=O)O)cc2)cc1. The number of Topliss-reactive ketones (excluding diaryl/α,β-unsaturated/α-hetero) is 1. The first kappa shape index (κ1) is 25.1. The van der Waals surface area contributed by atoms with Gasteiger partial charge in [0.05, 0.1) is 17.2 Å². The molecule has 0 aromatic heterocycles. The summed E-state index contributed by atoms with van der Waals surface area (Å²) in [5.74, 6) is -1.95. The van der Waals surface area contributed by atoms with Crippen molar-refractivity contribution in [3.63, 3.8) is 0 Å². The minimum Gasteiger partial charge on any atom is -0.507 e. The molecule has 2 aliphatic heterocycles. The largest absolute Gasteiger partial charge is 0.507 e. The molecule has 3 aromatic rings. The summed E-state index contributed by atoms with van der Waals surface area (Å²) in [6.07, 6.45) is 0. The van der Waals surface area contributed by atoms with E-state index in [2.05, 4.69) is 20.8 Å². The number of carbonyl (C=O) groups is 3. The highest BCUT2D eigenvalue weighted by atomic mass is 16.7. The van der Waals surface area contributed by atoms with Gasteiger partial charge in [-0.25, -0.2) is 4.79 Å². The van der Waals surface area contributed by atoms with E-state index in [1.54, 1.807) is 30.3 Å². The Hall–Kier alpha value is -4.59. The van der Waals surface area contributed by atoms with Crippen LogP contribution in [0.15, 0.2) is 72.3 Å². The Balaban J connectivity index is 1.60. The van der Waals surface area contributed by atoms with Crippen molar-refractivity contribution in [2.75, 3.05) is 6.79 Å². The molecule has 1 saturated heterocycles. The number of aromatic carboxylic acids is 1. The molecule has 0 bridgehead atoms. The molecule has 38 heavy (non-hydrogen) atoms. The summed E-state index contributed by atoms with van der Waals surface area (Å²) in [7, 11) is 0. The maximum atomic E-state index is 13.4. The van der Waals surface area contributed by atoms with Crippen LogP contribution in [-0.4, -0.2) is 39.6 Å². The van der Waals surface area contributed by atoms with Crippen LogP contribution in [0.25, 0.3) is 5.76 Å². The number of carboxylic acids is 1. The van der Waals surface area contributed by atoms with E-state index in [9.17, 15) is 24.6 Å². The Labute approximate surface area is 219 Å². The number of benzene rings is 3. The lowest BCUT2D eigenvalue weighted by molar-refractivity contribution is -0.140. The predicted molar refractivity (Wildman–Crippen MR) is 139 cm³/mol. The van der Waals surface area contributed by atoms with Gasteiger partial charge in [-0.3, -0.25) is 9.59 Å². The van der Waals surface area contributed by atoms with Crippen LogP contribution >= 0.6 is 0 Å². The minimum atomic E-state index is -1.06. The average molecular weight is 514 g/mol. The summed E-state index contributed by atoms with van der Waals surface area (Å²) in [5.41, 5.74) is 2.72. The van der Waals surface area contributed by atoms with E-state index in [-0.39, 0.29) is 35.6 Å². The molecule has 2 aliphatic rings. The first-order valence-electron chi connectivity index (χ1n) is 12.2. The minimum absolute atomic E-state index is 0.0282. The number of carboxylic acid groups (broad SMARTS) is 1. The van der Waals surface area contributed by atoms with Crippen LogP contribution in [0, 0.1) is 0 Å². The fraction of sp³-hybridized carbons (Fsp3) is 0.233. The summed E-state index contributed by atoms with van der Waals surface area (Å²) in [5, 5.41) is 20.6. The van der Waals surface area contributed by atoms with Crippen molar-refractivity contribution in [2.24, 2.45) is 0 Å². The van der Waals surface area contributed by atoms with Crippen LogP contribution in [0.5, 0.6) is 11.5 Å². The second kappa shape index (κ2) is 9.37. The van der Waals surface area contributed by atoms with E-state index >= 15 is 0 Å². The van der Waals surface area contributed by atoms with Gasteiger partial charge >= 0.3 is 5.97 Å². The molecule has 0 saturated carbocycles. The lowest BCUT2D eigenvalue weighted by atomic mass is 9.85. The lowest BCUT2D eigenvalue weighted by Gasteiger charge is -2.26.